The molecule has 0 amide bonds. The van der Waals surface area contributed by atoms with Gasteiger partial charge in [0, 0.05) is 11.6 Å². The Hall–Kier alpha value is -1.75. The Morgan fingerprint density at radius 2 is 2.29 bits per heavy atom. The largest absolute Gasteiger partial charge is 0.483 e. The van der Waals surface area contributed by atoms with Gasteiger partial charge >= 0.3 is 0 Å². The highest BCUT2D eigenvalue weighted by atomic mass is 35.5. The second-order valence-corrected chi connectivity index (χ2v) is 3.90. The maximum Gasteiger partial charge on any atom is 0.164 e. The summed E-state index contributed by atoms with van der Waals surface area (Å²) in [7, 11) is 0. The molecule has 0 atom stereocenters. The molecule has 5 nitrogen and oxygen atoms in total. The molecule has 0 radical (unpaired) electrons. The summed E-state index contributed by atoms with van der Waals surface area (Å²) in [6, 6.07) is 5.13. The van der Waals surface area contributed by atoms with Crippen LogP contribution in [0.3, 0.4) is 0 Å². The van der Waals surface area contributed by atoms with Crippen LogP contribution < -0.4 is 10.5 Å². The van der Waals surface area contributed by atoms with Crippen molar-refractivity contribution in [2.45, 2.75) is 20.1 Å². The monoisotopic (exact) mass is 252 g/mol. The molecule has 0 unspecified atom stereocenters. The second-order valence-electron chi connectivity index (χ2n) is 3.46. The third-order valence-electron chi connectivity index (χ3n) is 2.32. The van der Waals surface area contributed by atoms with Crippen molar-refractivity contribution in [3.63, 3.8) is 0 Å². The minimum atomic E-state index is 0.333. The number of rotatable bonds is 4. The van der Waals surface area contributed by atoms with Gasteiger partial charge in [0.05, 0.1) is 5.69 Å². The summed E-state index contributed by atoms with van der Waals surface area (Å²) >= 11 is 5.80. The number of hydrogen-bond acceptors (Lipinski definition) is 4. The standard InChI is InChI=1S/C11H13ClN4O/c1-2-16-11(14-7-15-16)6-17-10-4-3-8(12)5-9(10)13/h3-5,7H,2,6,13H2,1H3. The third kappa shape index (κ3) is 2.68. The van der Waals surface area contributed by atoms with Crippen LogP contribution in [0, 0.1) is 0 Å². The number of nitrogen functional groups attached to an aromatic ring is 1. The van der Waals surface area contributed by atoms with E-state index < -0.39 is 0 Å². The zero-order valence-electron chi connectivity index (χ0n) is 9.43. The molecule has 1 aromatic carbocycles. The van der Waals surface area contributed by atoms with Gasteiger partial charge in [0.1, 0.15) is 18.7 Å². The van der Waals surface area contributed by atoms with Crippen molar-refractivity contribution >= 4 is 17.3 Å². The van der Waals surface area contributed by atoms with Crippen LogP contribution in [0.2, 0.25) is 5.02 Å². The number of benzene rings is 1. The Labute approximate surface area is 104 Å². The Kier molecular flexibility index (Phi) is 3.49. The van der Waals surface area contributed by atoms with Crippen molar-refractivity contribution in [2.24, 2.45) is 0 Å². The van der Waals surface area contributed by atoms with E-state index in [2.05, 4.69) is 10.1 Å². The predicted molar refractivity (Wildman–Crippen MR) is 65.9 cm³/mol. The van der Waals surface area contributed by atoms with Crippen molar-refractivity contribution in [3.8, 4) is 5.75 Å². The second kappa shape index (κ2) is 5.05. The number of nitrogens with two attached hydrogens (primary N) is 1. The first-order valence-electron chi connectivity index (χ1n) is 5.25. The lowest BCUT2D eigenvalue weighted by atomic mass is 10.3. The smallest absolute Gasteiger partial charge is 0.164 e. The van der Waals surface area contributed by atoms with Crippen molar-refractivity contribution in [3.05, 3.63) is 35.4 Å². The summed E-state index contributed by atoms with van der Waals surface area (Å²) in [5.74, 6) is 1.36. The van der Waals surface area contributed by atoms with Gasteiger partial charge in [-0.3, -0.25) is 0 Å². The molecular weight excluding hydrogens is 240 g/mol. The van der Waals surface area contributed by atoms with Gasteiger partial charge in [0.15, 0.2) is 5.82 Å². The van der Waals surface area contributed by atoms with Crippen LogP contribution in [0.15, 0.2) is 24.5 Å². The van der Waals surface area contributed by atoms with Gasteiger partial charge < -0.3 is 10.5 Å². The number of anilines is 1. The van der Waals surface area contributed by atoms with E-state index in [4.69, 9.17) is 22.1 Å². The van der Waals surface area contributed by atoms with Gasteiger partial charge in [-0.1, -0.05) is 11.6 Å². The van der Waals surface area contributed by atoms with Gasteiger partial charge in [0.2, 0.25) is 0 Å². The first-order chi connectivity index (χ1) is 8.20. The molecule has 6 heteroatoms. The summed E-state index contributed by atoms with van der Waals surface area (Å²) in [4.78, 5) is 4.11. The fraction of sp³-hybridized carbons (Fsp3) is 0.273. The Morgan fingerprint density at radius 1 is 1.47 bits per heavy atom. The van der Waals surface area contributed by atoms with E-state index in [1.54, 1.807) is 22.9 Å². The van der Waals surface area contributed by atoms with E-state index in [1.807, 2.05) is 6.92 Å². The summed E-state index contributed by atoms with van der Waals surface area (Å²) in [6.07, 6.45) is 1.51. The van der Waals surface area contributed by atoms with E-state index in [1.165, 1.54) is 6.33 Å². The van der Waals surface area contributed by atoms with Crippen molar-refractivity contribution < 1.29 is 4.74 Å². The van der Waals surface area contributed by atoms with Gasteiger partial charge in [-0.15, -0.1) is 0 Å². The Bertz CT molecular complexity index is 512. The van der Waals surface area contributed by atoms with E-state index in [-0.39, 0.29) is 0 Å². The molecule has 1 heterocycles. The lowest BCUT2D eigenvalue weighted by Gasteiger charge is -2.09. The quantitative estimate of drug-likeness (QED) is 0.847. The molecule has 0 fully saturated rings. The van der Waals surface area contributed by atoms with E-state index in [0.717, 1.165) is 12.4 Å². The average molecular weight is 253 g/mol. The molecular formula is C11H13ClN4O. The number of halogens is 1. The number of aryl methyl sites for hydroxylation is 1. The molecule has 0 spiro atoms. The van der Waals surface area contributed by atoms with E-state index in [9.17, 15) is 0 Å². The predicted octanol–water partition coefficient (Wildman–Crippen LogP) is 2.11. The molecule has 2 N–H and O–H groups in total. The maximum atomic E-state index is 5.80. The highest BCUT2D eigenvalue weighted by Crippen LogP contribution is 2.25. The SMILES string of the molecule is CCn1ncnc1COc1ccc(Cl)cc1N. The van der Waals surface area contributed by atoms with Gasteiger partial charge in [0.25, 0.3) is 0 Å². The lowest BCUT2D eigenvalue weighted by molar-refractivity contribution is 0.289. The van der Waals surface area contributed by atoms with Crippen molar-refractivity contribution in [1.29, 1.82) is 0 Å². The molecule has 0 aliphatic carbocycles. The first kappa shape index (κ1) is 11.7. The fourth-order valence-corrected chi connectivity index (χ4v) is 1.64. The normalized spacial score (nSPS) is 10.5. The average Bonchev–Trinajstić information content (AvgIpc) is 2.75. The number of nitrogens with zero attached hydrogens (tertiary/aromatic N) is 3. The first-order valence-corrected chi connectivity index (χ1v) is 5.63. The van der Waals surface area contributed by atoms with Crippen LogP contribution in [0.1, 0.15) is 12.7 Å². The number of aromatic nitrogens is 3. The van der Waals surface area contributed by atoms with E-state index >= 15 is 0 Å². The molecule has 0 bridgehead atoms. The highest BCUT2D eigenvalue weighted by molar-refractivity contribution is 6.30. The van der Waals surface area contributed by atoms with Crippen LogP contribution in [0.5, 0.6) is 5.75 Å². The molecule has 2 aromatic rings. The highest BCUT2D eigenvalue weighted by Gasteiger charge is 2.05. The molecule has 90 valence electrons. The summed E-state index contributed by atoms with van der Waals surface area (Å²) in [6.45, 7) is 3.09. The molecule has 0 saturated carbocycles. The van der Waals surface area contributed by atoms with Crippen LogP contribution in [-0.4, -0.2) is 14.8 Å². The molecule has 2 rings (SSSR count). The van der Waals surface area contributed by atoms with Crippen LogP contribution in [0.4, 0.5) is 5.69 Å². The van der Waals surface area contributed by atoms with Crippen LogP contribution in [0.25, 0.3) is 0 Å². The topological polar surface area (TPSA) is 66.0 Å². The fourth-order valence-electron chi connectivity index (χ4n) is 1.46. The third-order valence-corrected chi connectivity index (χ3v) is 2.56. The molecule has 17 heavy (non-hydrogen) atoms. The minimum Gasteiger partial charge on any atom is -0.483 e. The summed E-state index contributed by atoms with van der Waals surface area (Å²) < 4.78 is 7.34. The van der Waals surface area contributed by atoms with Crippen molar-refractivity contribution in [1.82, 2.24) is 14.8 Å². The molecule has 1 aromatic heterocycles. The Balaban J connectivity index is 2.07. The van der Waals surface area contributed by atoms with Crippen LogP contribution >= 0.6 is 11.6 Å². The van der Waals surface area contributed by atoms with Gasteiger partial charge in [-0.05, 0) is 25.1 Å². The minimum absolute atomic E-state index is 0.333. The maximum absolute atomic E-state index is 5.80. The molecule has 0 saturated heterocycles. The Morgan fingerprint density at radius 3 is 3.00 bits per heavy atom. The lowest BCUT2D eigenvalue weighted by Crippen LogP contribution is -2.07. The number of ether oxygens (including phenoxy) is 1. The van der Waals surface area contributed by atoms with Gasteiger partial charge in [-0.2, -0.15) is 5.10 Å². The zero-order chi connectivity index (χ0) is 12.3. The molecule has 0 aliphatic heterocycles. The van der Waals surface area contributed by atoms with Crippen molar-refractivity contribution in [2.75, 3.05) is 5.73 Å². The van der Waals surface area contributed by atoms with E-state index in [0.29, 0.717) is 23.1 Å². The zero-order valence-corrected chi connectivity index (χ0v) is 10.2. The van der Waals surface area contributed by atoms with Gasteiger partial charge in [-0.25, -0.2) is 9.67 Å². The number of hydrogen-bond donors (Lipinski definition) is 1. The molecule has 0 aliphatic rings. The summed E-state index contributed by atoms with van der Waals surface area (Å²) in [5.41, 5.74) is 6.29. The van der Waals surface area contributed by atoms with Crippen LogP contribution in [-0.2, 0) is 13.2 Å². The summed E-state index contributed by atoms with van der Waals surface area (Å²) in [5, 5.41) is 4.65.